The van der Waals surface area contributed by atoms with Gasteiger partial charge in [-0.2, -0.15) is 0 Å². The number of benzene rings is 1. The normalized spacial score (nSPS) is 11.7. The van der Waals surface area contributed by atoms with E-state index in [1.807, 2.05) is 0 Å². The van der Waals surface area contributed by atoms with Gasteiger partial charge in [-0.1, -0.05) is 18.9 Å². The SMILES string of the molecule is Cc1ccc(F)cc1S(=O)(=O)NCCCCCCN. The molecule has 0 bridgehead atoms. The Labute approximate surface area is 114 Å². The van der Waals surface area contributed by atoms with Gasteiger partial charge in [0, 0.05) is 6.54 Å². The lowest BCUT2D eigenvalue weighted by atomic mass is 10.2. The van der Waals surface area contributed by atoms with Crippen LogP contribution in [0.4, 0.5) is 4.39 Å². The van der Waals surface area contributed by atoms with Crippen molar-refractivity contribution < 1.29 is 12.8 Å². The first-order valence-electron chi connectivity index (χ1n) is 6.43. The summed E-state index contributed by atoms with van der Waals surface area (Å²) in [6.07, 6.45) is 3.64. The van der Waals surface area contributed by atoms with Gasteiger partial charge in [0.1, 0.15) is 5.82 Å². The minimum absolute atomic E-state index is 0.00876. The molecule has 0 spiro atoms. The van der Waals surface area contributed by atoms with Gasteiger partial charge in [-0.15, -0.1) is 0 Å². The van der Waals surface area contributed by atoms with E-state index in [1.54, 1.807) is 6.92 Å². The summed E-state index contributed by atoms with van der Waals surface area (Å²) in [5.74, 6) is -0.547. The summed E-state index contributed by atoms with van der Waals surface area (Å²) in [6, 6.07) is 3.76. The maximum absolute atomic E-state index is 13.1. The third-order valence-corrected chi connectivity index (χ3v) is 4.47. The first kappa shape index (κ1) is 16.1. The largest absolute Gasteiger partial charge is 0.330 e. The molecule has 1 aromatic carbocycles. The zero-order chi connectivity index (χ0) is 14.3. The maximum atomic E-state index is 13.1. The lowest BCUT2D eigenvalue weighted by molar-refractivity contribution is 0.568. The molecule has 0 aliphatic rings. The summed E-state index contributed by atoms with van der Waals surface area (Å²) in [7, 11) is -3.62. The molecule has 0 aromatic heterocycles. The number of halogens is 1. The highest BCUT2D eigenvalue weighted by Crippen LogP contribution is 2.16. The monoisotopic (exact) mass is 288 g/mol. The molecular weight excluding hydrogens is 267 g/mol. The van der Waals surface area contributed by atoms with Crippen molar-refractivity contribution in [3.63, 3.8) is 0 Å². The summed E-state index contributed by atoms with van der Waals surface area (Å²) in [5.41, 5.74) is 5.91. The van der Waals surface area contributed by atoms with Crippen molar-refractivity contribution >= 4 is 10.0 Å². The Morgan fingerprint density at radius 3 is 2.58 bits per heavy atom. The number of aryl methyl sites for hydroxylation is 1. The minimum atomic E-state index is -3.62. The van der Waals surface area contributed by atoms with Gasteiger partial charge in [-0.25, -0.2) is 17.5 Å². The van der Waals surface area contributed by atoms with E-state index in [0.29, 0.717) is 18.7 Å². The van der Waals surface area contributed by atoms with Crippen LogP contribution >= 0.6 is 0 Å². The van der Waals surface area contributed by atoms with Crippen LogP contribution in [0, 0.1) is 12.7 Å². The molecule has 6 heteroatoms. The van der Waals surface area contributed by atoms with Gasteiger partial charge < -0.3 is 5.73 Å². The maximum Gasteiger partial charge on any atom is 0.240 e. The molecule has 0 amide bonds. The van der Waals surface area contributed by atoms with Gasteiger partial charge in [-0.05, 0) is 44.0 Å². The van der Waals surface area contributed by atoms with Crippen molar-refractivity contribution in [1.29, 1.82) is 0 Å². The number of hydrogen-bond acceptors (Lipinski definition) is 3. The van der Waals surface area contributed by atoms with Gasteiger partial charge in [0.25, 0.3) is 0 Å². The predicted molar refractivity (Wildman–Crippen MR) is 73.8 cm³/mol. The van der Waals surface area contributed by atoms with Crippen LogP contribution in [0.1, 0.15) is 31.2 Å². The van der Waals surface area contributed by atoms with Gasteiger partial charge in [0.15, 0.2) is 0 Å². The first-order chi connectivity index (χ1) is 8.97. The van der Waals surface area contributed by atoms with Gasteiger partial charge in [0.05, 0.1) is 4.90 Å². The topological polar surface area (TPSA) is 72.2 Å². The van der Waals surface area contributed by atoms with E-state index < -0.39 is 15.8 Å². The van der Waals surface area contributed by atoms with Gasteiger partial charge >= 0.3 is 0 Å². The third-order valence-electron chi connectivity index (χ3n) is 2.86. The molecule has 4 nitrogen and oxygen atoms in total. The molecule has 0 saturated heterocycles. The number of rotatable bonds is 8. The molecule has 0 fully saturated rings. The molecule has 0 unspecified atom stereocenters. The number of nitrogens with one attached hydrogen (secondary N) is 1. The molecule has 0 aliphatic carbocycles. The summed E-state index contributed by atoms with van der Waals surface area (Å²) >= 11 is 0. The molecular formula is C13H21FN2O2S. The number of nitrogens with two attached hydrogens (primary N) is 1. The Bertz CT molecular complexity index is 503. The second-order valence-corrected chi connectivity index (χ2v) is 6.25. The number of hydrogen-bond donors (Lipinski definition) is 2. The average molecular weight is 288 g/mol. The lowest BCUT2D eigenvalue weighted by Gasteiger charge is -2.09. The van der Waals surface area contributed by atoms with Crippen molar-refractivity contribution in [2.45, 2.75) is 37.5 Å². The molecule has 0 heterocycles. The van der Waals surface area contributed by atoms with Crippen molar-refractivity contribution in [2.24, 2.45) is 5.73 Å². The van der Waals surface area contributed by atoms with Crippen molar-refractivity contribution in [2.75, 3.05) is 13.1 Å². The van der Waals surface area contributed by atoms with Crippen LogP contribution in [-0.2, 0) is 10.0 Å². The van der Waals surface area contributed by atoms with Gasteiger partial charge in [0.2, 0.25) is 10.0 Å². The fourth-order valence-electron chi connectivity index (χ4n) is 1.77. The molecule has 1 rings (SSSR count). The molecule has 0 radical (unpaired) electrons. The number of sulfonamides is 1. The van der Waals surface area contributed by atoms with Gasteiger partial charge in [-0.3, -0.25) is 0 Å². The molecule has 3 N–H and O–H groups in total. The van der Waals surface area contributed by atoms with Crippen molar-refractivity contribution in [3.8, 4) is 0 Å². The molecule has 0 saturated carbocycles. The molecule has 1 aromatic rings. The summed E-state index contributed by atoms with van der Waals surface area (Å²) in [5, 5.41) is 0. The molecule has 0 aliphatic heterocycles. The Morgan fingerprint density at radius 2 is 1.89 bits per heavy atom. The van der Waals surface area contributed by atoms with E-state index in [1.165, 1.54) is 12.1 Å². The Balaban J connectivity index is 2.54. The predicted octanol–water partition coefficient (Wildman–Crippen LogP) is 1.93. The Morgan fingerprint density at radius 1 is 1.21 bits per heavy atom. The highest BCUT2D eigenvalue weighted by atomic mass is 32.2. The fourth-order valence-corrected chi connectivity index (χ4v) is 3.10. The standard InChI is InChI=1S/C13H21FN2O2S/c1-11-6-7-12(14)10-13(11)19(17,18)16-9-5-3-2-4-8-15/h6-7,10,16H,2-5,8-9,15H2,1H3. The second-order valence-electron chi connectivity index (χ2n) is 4.51. The second kappa shape index (κ2) is 7.57. The quantitative estimate of drug-likeness (QED) is 0.718. The zero-order valence-electron chi connectivity index (χ0n) is 11.2. The van der Waals surface area contributed by atoms with Crippen LogP contribution in [0.15, 0.2) is 23.1 Å². The highest BCUT2D eigenvalue weighted by molar-refractivity contribution is 7.89. The van der Waals surface area contributed by atoms with Crippen LogP contribution in [0.2, 0.25) is 0 Å². The average Bonchev–Trinajstić information content (AvgIpc) is 2.36. The molecule has 19 heavy (non-hydrogen) atoms. The van der Waals surface area contributed by atoms with Crippen LogP contribution in [0.3, 0.4) is 0 Å². The van der Waals surface area contributed by atoms with E-state index in [2.05, 4.69) is 4.72 Å². The van der Waals surface area contributed by atoms with Crippen LogP contribution < -0.4 is 10.5 Å². The minimum Gasteiger partial charge on any atom is -0.330 e. The third kappa shape index (κ3) is 5.26. The van der Waals surface area contributed by atoms with Crippen LogP contribution in [-0.4, -0.2) is 21.5 Å². The van der Waals surface area contributed by atoms with Crippen LogP contribution in [0.25, 0.3) is 0 Å². The van der Waals surface area contributed by atoms with E-state index in [0.717, 1.165) is 31.7 Å². The molecule has 108 valence electrons. The zero-order valence-corrected chi connectivity index (χ0v) is 12.0. The van der Waals surface area contributed by atoms with E-state index in [4.69, 9.17) is 5.73 Å². The smallest absolute Gasteiger partial charge is 0.240 e. The van der Waals surface area contributed by atoms with E-state index in [9.17, 15) is 12.8 Å². The van der Waals surface area contributed by atoms with Crippen molar-refractivity contribution in [1.82, 2.24) is 4.72 Å². The summed E-state index contributed by atoms with van der Waals surface area (Å²) < 4.78 is 39.6. The Hall–Kier alpha value is -0.980. The fraction of sp³-hybridized carbons (Fsp3) is 0.538. The Kier molecular flexibility index (Phi) is 6.41. The lowest BCUT2D eigenvalue weighted by Crippen LogP contribution is -2.25. The highest BCUT2D eigenvalue weighted by Gasteiger charge is 2.16. The summed E-state index contributed by atoms with van der Waals surface area (Å²) in [6.45, 7) is 2.67. The molecule has 0 atom stereocenters. The van der Waals surface area contributed by atoms with E-state index in [-0.39, 0.29) is 4.90 Å². The number of unbranched alkanes of at least 4 members (excludes halogenated alkanes) is 3. The summed E-state index contributed by atoms with van der Waals surface area (Å²) in [4.78, 5) is 0.00876. The first-order valence-corrected chi connectivity index (χ1v) is 7.91. The van der Waals surface area contributed by atoms with E-state index >= 15 is 0 Å². The van der Waals surface area contributed by atoms with Crippen LogP contribution in [0.5, 0.6) is 0 Å². The van der Waals surface area contributed by atoms with Crippen molar-refractivity contribution in [3.05, 3.63) is 29.6 Å².